The predicted molar refractivity (Wildman–Crippen MR) is 273 cm³/mol. The van der Waals surface area contributed by atoms with Gasteiger partial charge in [0.15, 0.2) is 5.78 Å². The molecule has 2 bridgehead atoms. The van der Waals surface area contributed by atoms with Crippen LogP contribution in [0.25, 0.3) is 0 Å². The second-order valence-electron chi connectivity index (χ2n) is 21.1. The van der Waals surface area contributed by atoms with E-state index in [-0.39, 0.29) is 54.9 Å². The molecule has 414 valence electrons. The number of esters is 1. The Bertz CT molecular complexity index is 2090. The standard InChI is InChI=1S/C54H86N2O16S/c1-33-16-14-12-11-13-15-17-34(2)48(59)50(68-10)49(60)37(5)26-35(3)44(58)30-46(36(4)27-40-19-21-45(47(28-40)67-9)70-24-22-41-31-69-32-41)71-53(63)39(7)56(8)52(62)51(61)54(64)38(6)18-20-42(72-54)29-43(33)55-73(65,66)25-23-57/h11-14,16,26,34-36,38-43,45-47,49-50,55,57,60,64H,15,17-25,27-32H2,1-10H3/b13-11+,14-12+,33-16+,37-26+/t34?,35?,36-,38+,39?,40+,42-,43?,45-,46?,47-,49?,50?,54+/m1/s1. The largest absolute Gasteiger partial charge is 0.460 e. The molecular formula is C54H86N2O16S. The summed E-state index contributed by atoms with van der Waals surface area (Å²) in [5.41, 5.74) is 0.901. The second-order valence-corrected chi connectivity index (χ2v) is 23.0. The molecule has 2 saturated heterocycles. The van der Waals surface area contributed by atoms with Crippen LogP contribution in [0.5, 0.6) is 0 Å². The molecule has 0 spiro atoms. The maximum Gasteiger partial charge on any atom is 0.328 e. The molecule has 7 unspecified atom stereocenters. The van der Waals surface area contributed by atoms with Crippen LogP contribution in [0.2, 0.25) is 0 Å². The second kappa shape index (κ2) is 29.1. The number of nitrogens with zero attached hydrogens (tertiary/aromatic N) is 1. The molecule has 3 heterocycles. The Morgan fingerprint density at radius 3 is 2.26 bits per heavy atom. The fourth-order valence-corrected chi connectivity index (χ4v) is 11.1. The third-order valence-electron chi connectivity index (χ3n) is 15.4. The molecule has 4 rings (SSSR count). The van der Waals surface area contributed by atoms with Crippen molar-refractivity contribution in [2.45, 2.75) is 174 Å². The van der Waals surface area contributed by atoms with Crippen LogP contribution >= 0.6 is 0 Å². The molecule has 19 heteroatoms. The number of nitrogens with one attached hydrogen (secondary N) is 1. The number of carbonyl (C=O) groups excluding carboxylic acids is 5. The lowest BCUT2D eigenvalue weighted by molar-refractivity contribution is -0.263. The average molecular weight is 1050 g/mol. The van der Waals surface area contributed by atoms with E-state index in [4.69, 9.17) is 28.4 Å². The highest BCUT2D eigenvalue weighted by molar-refractivity contribution is 7.89. The number of aliphatic hydroxyl groups is 3. The van der Waals surface area contributed by atoms with Crippen LogP contribution in [-0.4, -0.2) is 166 Å². The summed E-state index contributed by atoms with van der Waals surface area (Å²) < 4.78 is 63.7. The summed E-state index contributed by atoms with van der Waals surface area (Å²) in [6, 6.07) is -2.27. The Kier molecular flexibility index (Phi) is 24.8. The SMILES string of the molecule is COC1C(=O)C(C)CC/C=C/C=C/C=C(\C)C(NS(=O)(=O)CCO)C[C@H]2CC[C@H](C)[C@](O)(O2)C(=O)C(=O)N(C)C(C)C(=O)OC([C@H](C)C[C@@H]2CC[C@@H](OCCC3COC3)[C@H](OC)C2)CC(=O)C(C)/C=C(\C)C1O. The van der Waals surface area contributed by atoms with Crippen molar-refractivity contribution in [1.29, 1.82) is 0 Å². The number of sulfonamides is 1. The topological polar surface area (TPSA) is 251 Å². The molecule has 0 aromatic rings. The molecule has 18 nitrogen and oxygen atoms in total. The van der Waals surface area contributed by atoms with Crippen LogP contribution in [0, 0.1) is 35.5 Å². The number of ether oxygens (including phenoxy) is 6. The average Bonchev–Trinajstić information content (AvgIpc) is 3.33. The van der Waals surface area contributed by atoms with E-state index in [0.717, 1.165) is 37.4 Å². The highest BCUT2D eigenvalue weighted by Crippen LogP contribution is 2.37. The number of amides is 1. The summed E-state index contributed by atoms with van der Waals surface area (Å²) in [5.74, 6) is -9.11. The number of likely N-dealkylation sites (N-methyl/N-ethyl adjacent to an activating group) is 1. The summed E-state index contributed by atoms with van der Waals surface area (Å²) in [4.78, 5) is 71.0. The number of Topliss-reactive ketones (excluding diaryl/α,β-unsaturated/α-hetero) is 3. The molecular weight excluding hydrogens is 965 g/mol. The third kappa shape index (κ3) is 17.8. The lowest BCUT2D eigenvalue weighted by atomic mass is 9.78. The van der Waals surface area contributed by atoms with Gasteiger partial charge in [-0.05, 0) is 102 Å². The van der Waals surface area contributed by atoms with E-state index >= 15 is 0 Å². The van der Waals surface area contributed by atoms with E-state index in [1.165, 1.54) is 21.1 Å². The minimum Gasteiger partial charge on any atom is -0.460 e. The van der Waals surface area contributed by atoms with Gasteiger partial charge in [0.2, 0.25) is 15.8 Å². The first-order valence-electron chi connectivity index (χ1n) is 26.2. The quantitative estimate of drug-likeness (QED) is 0.111. The number of carbonyl (C=O) groups is 5. The smallest absolute Gasteiger partial charge is 0.328 e. The number of cyclic esters (lactones) is 1. The van der Waals surface area contributed by atoms with Gasteiger partial charge < -0.3 is 48.6 Å². The van der Waals surface area contributed by atoms with Gasteiger partial charge in [-0.3, -0.25) is 19.2 Å². The lowest BCUT2D eigenvalue weighted by Gasteiger charge is -2.42. The van der Waals surface area contributed by atoms with Crippen molar-refractivity contribution in [3.8, 4) is 0 Å². The normalized spacial score (nSPS) is 36.8. The van der Waals surface area contributed by atoms with Gasteiger partial charge >= 0.3 is 5.97 Å². The molecule has 0 aromatic heterocycles. The summed E-state index contributed by atoms with van der Waals surface area (Å²) >= 11 is 0. The highest BCUT2D eigenvalue weighted by atomic mass is 32.2. The van der Waals surface area contributed by atoms with Crippen LogP contribution in [0.4, 0.5) is 0 Å². The van der Waals surface area contributed by atoms with Gasteiger partial charge in [0.1, 0.15) is 30.1 Å². The maximum atomic E-state index is 14.2. The van der Waals surface area contributed by atoms with E-state index in [1.807, 2.05) is 13.0 Å². The Labute approximate surface area is 433 Å². The molecule has 4 aliphatic rings. The number of methoxy groups -OCH3 is 2. The number of hydrogen-bond acceptors (Lipinski definition) is 16. The fraction of sp³-hybridized carbons (Fsp3) is 0.759. The maximum absolute atomic E-state index is 14.2. The van der Waals surface area contributed by atoms with Crippen LogP contribution in [-0.2, 0) is 62.4 Å². The Hall–Kier alpha value is -3.50. The van der Waals surface area contributed by atoms with E-state index < -0.39 is 100 Å². The van der Waals surface area contributed by atoms with E-state index in [9.17, 15) is 47.7 Å². The first-order chi connectivity index (χ1) is 34.5. The zero-order valence-electron chi connectivity index (χ0n) is 44.9. The lowest BCUT2D eigenvalue weighted by Crippen LogP contribution is -2.59. The van der Waals surface area contributed by atoms with Gasteiger partial charge in [-0.1, -0.05) is 69.7 Å². The summed E-state index contributed by atoms with van der Waals surface area (Å²) in [6.07, 6.45) is 10.6. The monoisotopic (exact) mass is 1050 g/mol. The molecule has 4 N–H and O–H groups in total. The van der Waals surface area contributed by atoms with Crippen LogP contribution in [0.3, 0.4) is 0 Å². The summed E-state index contributed by atoms with van der Waals surface area (Å²) in [5, 5.41) is 32.8. The molecule has 1 amide bonds. The van der Waals surface area contributed by atoms with Gasteiger partial charge in [-0.25, -0.2) is 17.9 Å². The Balaban J connectivity index is 1.65. The minimum atomic E-state index is -3.99. The number of rotatable bonds is 13. The number of ketones is 3. The van der Waals surface area contributed by atoms with E-state index in [0.29, 0.717) is 55.8 Å². The molecule has 14 atom stereocenters. The van der Waals surface area contributed by atoms with Gasteiger partial charge in [0.25, 0.3) is 11.7 Å². The molecule has 73 heavy (non-hydrogen) atoms. The van der Waals surface area contributed by atoms with E-state index in [2.05, 4.69) is 4.72 Å². The summed E-state index contributed by atoms with van der Waals surface area (Å²) in [6.45, 7) is 13.1. The zero-order chi connectivity index (χ0) is 54.2. The van der Waals surface area contributed by atoms with Crippen molar-refractivity contribution >= 4 is 39.2 Å². The molecule has 0 aromatic carbocycles. The van der Waals surface area contributed by atoms with Gasteiger partial charge in [0.05, 0.1) is 43.9 Å². The van der Waals surface area contributed by atoms with E-state index in [1.54, 1.807) is 72.1 Å². The highest BCUT2D eigenvalue weighted by Gasteiger charge is 2.52. The zero-order valence-corrected chi connectivity index (χ0v) is 45.7. The van der Waals surface area contributed by atoms with Crippen molar-refractivity contribution in [3.05, 3.63) is 47.6 Å². The van der Waals surface area contributed by atoms with Gasteiger partial charge in [0, 0.05) is 64.0 Å². The van der Waals surface area contributed by atoms with Crippen LogP contribution in [0.15, 0.2) is 47.6 Å². The van der Waals surface area contributed by atoms with Crippen molar-refractivity contribution in [3.63, 3.8) is 0 Å². The molecule has 3 fully saturated rings. The fourth-order valence-electron chi connectivity index (χ4n) is 10.0. The van der Waals surface area contributed by atoms with Crippen LogP contribution in [0.1, 0.15) is 119 Å². The summed E-state index contributed by atoms with van der Waals surface area (Å²) in [7, 11) is 0.250. The molecule has 1 aliphatic carbocycles. The van der Waals surface area contributed by atoms with Crippen molar-refractivity contribution in [1.82, 2.24) is 9.62 Å². The minimum absolute atomic E-state index is 0.0430. The van der Waals surface area contributed by atoms with Gasteiger partial charge in [-0.2, -0.15) is 0 Å². The van der Waals surface area contributed by atoms with Crippen LogP contribution < -0.4 is 4.72 Å². The van der Waals surface area contributed by atoms with Gasteiger partial charge in [-0.15, -0.1) is 0 Å². The number of fused-ring (bicyclic) bond motifs is 2. The Morgan fingerprint density at radius 2 is 1.62 bits per heavy atom. The first-order valence-corrected chi connectivity index (χ1v) is 27.8. The first kappa shape index (κ1) is 62.0. The molecule has 3 aliphatic heterocycles. The number of allylic oxidation sites excluding steroid dienone is 6. The van der Waals surface area contributed by atoms with Crippen molar-refractivity contribution < 1.29 is 76.1 Å². The third-order valence-corrected chi connectivity index (χ3v) is 16.8. The molecule has 0 radical (unpaired) electrons. The van der Waals surface area contributed by atoms with Crippen molar-refractivity contribution in [2.24, 2.45) is 35.5 Å². The van der Waals surface area contributed by atoms with Crippen molar-refractivity contribution in [2.75, 3.05) is 53.4 Å². The molecule has 1 saturated carbocycles. The number of hydrogen-bond donors (Lipinski definition) is 4. The number of aliphatic hydroxyl groups excluding tert-OH is 2. The predicted octanol–water partition coefficient (Wildman–Crippen LogP) is 4.73. The Morgan fingerprint density at radius 1 is 0.904 bits per heavy atom.